The first-order valence-electron chi connectivity index (χ1n) is 6.70. The van der Waals surface area contributed by atoms with Crippen LogP contribution in [0.15, 0.2) is 18.2 Å². The van der Waals surface area contributed by atoms with Crippen LogP contribution >= 0.6 is 0 Å². The molecule has 0 aliphatic rings. The van der Waals surface area contributed by atoms with Gasteiger partial charge in [0, 0.05) is 27.7 Å². The number of benzene rings is 1. The average Bonchev–Trinajstić information content (AvgIpc) is 2.48. The van der Waals surface area contributed by atoms with E-state index in [0.717, 1.165) is 27.7 Å². The largest absolute Gasteiger partial charge is 0.333 e. The molecule has 0 aromatic heterocycles. The first-order valence-corrected chi connectivity index (χ1v) is 6.70. The smallest absolute Gasteiger partial charge is 0.330 e. The van der Waals surface area contributed by atoms with Crippen molar-refractivity contribution in [2.24, 2.45) is 0 Å². The molecule has 0 fully saturated rings. The van der Waals surface area contributed by atoms with Crippen molar-refractivity contribution in [3.63, 3.8) is 0 Å². The molecule has 0 saturated carbocycles. The third kappa shape index (κ3) is 4.30. The van der Waals surface area contributed by atoms with E-state index in [9.17, 15) is 24.4 Å². The van der Waals surface area contributed by atoms with Gasteiger partial charge in [0.15, 0.2) is 0 Å². The monoisotopic (exact) mass is 333 g/mol. The van der Waals surface area contributed by atoms with Crippen molar-refractivity contribution in [3.05, 3.63) is 23.8 Å². The van der Waals surface area contributed by atoms with Gasteiger partial charge in [-0.2, -0.15) is 5.26 Å². The Labute approximate surface area is 137 Å². The van der Waals surface area contributed by atoms with Crippen molar-refractivity contribution in [1.82, 2.24) is 0 Å². The fourth-order valence-corrected chi connectivity index (χ4v) is 1.80. The molecule has 1 rings (SSSR count). The second-order valence-corrected chi connectivity index (χ2v) is 4.58. The Hall–Kier alpha value is -3.41. The van der Waals surface area contributed by atoms with Gasteiger partial charge in [0.25, 0.3) is 11.8 Å². The molecule has 0 heterocycles. The molecule has 0 spiro atoms. The quantitative estimate of drug-likeness (QED) is 0.747. The SMILES string of the molecule is CC(=O)ON(C(C)=O)c1cccc(N(OC(C)=O)C(C)=O)c1C#N. The summed E-state index contributed by atoms with van der Waals surface area (Å²) in [6.45, 7) is 4.44. The van der Waals surface area contributed by atoms with Crippen molar-refractivity contribution in [2.45, 2.75) is 27.7 Å². The van der Waals surface area contributed by atoms with Crippen molar-refractivity contribution in [2.75, 3.05) is 10.1 Å². The minimum atomic E-state index is -0.775. The molecule has 1 aromatic rings. The van der Waals surface area contributed by atoms with Gasteiger partial charge in [-0.3, -0.25) is 9.59 Å². The number of hydrogen-bond donors (Lipinski definition) is 0. The molecule has 9 nitrogen and oxygen atoms in total. The van der Waals surface area contributed by atoms with E-state index in [4.69, 9.17) is 9.68 Å². The van der Waals surface area contributed by atoms with Crippen LogP contribution in [-0.2, 0) is 28.9 Å². The minimum absolute atomic E-state index is 0.0731. The van der Waals surface area contributed by atoms with E-state index in [2.05, 4.69) is 0 Å². The van der Waals surface area contributed by atoms with Gasteiger partial charge in [-0.25, -0.2) is 9.59 Å². The van der Waals surface area contributed by atoms with E-state index >= 15 is 0 Å². The molecule has 24 heavy (non-hydrogen) atoms. The molecule has 0 radical (unpaired) electrons. The molecule has 9 heteroatoms. The maximum atomic E-state index is 11.7. The molecule has 0 aliphatic heterocycles. The number of carbonyl (C=O) groups excluding carboxylic acids is 4. The van der Waals surface area contributed by atoms with E-state index in [-0.39, 0.29) is 16.9 Å². The van der Waals surface area contributed by atoms with Crippen LogP contribution in [0, 0.1) is 11.3 Å². The Balaban J connectivity index is 3.53. The maximum absolute atomic E-state index is 11.7. The molecule has 0 aliphatic carbocycles. The van der Waals surface area contributed by atoms with Gasteiger partial charge >= 0.3 is 11.9 Å². The number of nitrogens with zero attached hydrogens (tertiary/aromatic N) is 3. The summed E-state index contributed by atoms with van der Waals surface area (Å²) in [5.74, 6) is -2.88. The summed E-state index contributed by atoms with van der Waals surface area (Å²) in [5, 5.41) is 10.7. The molecule has 2 amide bonds. The third-order valence-corrected chi connectivity index (χ3v) is 2.58. The lowest BCUT2D eigenvalue weighted by molar-refractivity contribution is -0.147. The van der Waals surface area contributed by atoms with E-state index in [1.54, 1.807) is 0 Å². The standard InChI is InChI=1S/C15H15N3O6/c1-9(19)17(23-11(3)21)14-6-5-7-15(13(14)8-16)18(10(2)20)24-12(4)22/h5-7H,1-4H3. The Morgan fingerprint density at radius 2 is 1.25 bits per heavy atom. The fourth-order valence-electron chi connectivity index (χ4n) is 1.80. The molecule has 0 atom stereocenters. The summed E-state index contributed by atoms with van der Waals surface area (Å²) in [5.41, 5.74) is -0.336. The molecular weight excluding hydrogens is 318 g/mol. The van der Waals surface area contributed by atoms with Crippen LogP contribution in [0.5, 0.6) is 0 Å². The van der Waals surface area contributed by atoms with E-state index in [0.29, 0.717) is 10.1 Å². The highest BCUT2D eigenvalue weighted by Crippen LogP contribution is 2.30. The highest BCUT2D eigenvalue weighted by molar-refractivity contribution is 5.97. The van der Waals surface area contributed by atoms with Gasteiger partial charge in [-0.15, -0.1) is 10.1 Å². The van der Waals surface area contributed by atoms with Gasteiger partial charge in [0.05, 0.1) is 0 Å². The summed E-state index contributed by atoms with van der Waals surface area (Å²) in [6, 6.07) is 5.91. The van der Waals surface area contributed by atoms with Crippen molar-refractivity contribution in [1.29, 1.82) is 5.26 Å². The maximum Gasteiger partial charge on any atom is 0.330 e. The Morgan fingerprint density at radius 3 is 1.50 bits per heavy atom. The normalized spacial score (nSPS) is 9.46. The lowest BCUT2D eigenvalue weighted by Gasteiger charge is -2.24. The van der Waals surface area contributed by atoms with E-state index < -0.39 is 23.8 Å². The van der Waals surface area contributed by atoms with Crippen LogP contribution in [-0.4, -0.2) is 23.8 Å². The second-order valence-electron chi connectivity index (χ2n) is 4.58. The van der Waals surface area contributed by atoms with E-state index in [1.165, 1.54) is 18.2 Å². The van der Waals surface area contributed by atoms with Gasteiger partial charge in [0.2, 0.25) is 0 Å². The molecule has 1 aromatic carbocycles. The number of nitriles is 1. The number of hydrogen-bond acceptors (Lipinski definition) is 7. The zero-order valence-corrected chi connectivity index (χ0v) is 13.5. The van der Waals surface area contributed by atoms with Gasteiger partial charge in [-0.1, -0.05) is 6.07 Å². The van der Waals surface area contributed by atoms with Gasteiger partial charge in [-0.05, 0) is 12.1 Å². The number of amides is 2. The summed E-state index contributed by atoms with van der Waals surface area (Å²) in [4.78, 5) is 55.4. The predicted molar refractivity (Wildman–Crippen MR) is 81.0 cm³/mol. The molecule has 0 bridgehead atoms. The van der Waals surface area contributed by atoms with Crippen LogP contribution in [0.2, 0.25) is 0 Å². The average molecular weight is 333 g/mol. The molecule has 0 N–H and O–H groups in total. The lowest BCUT2D eigenvalue weighted by Crippen LogP contribution is -2.34. The summed E-state index contributed by atoms with van der Waals surface area (Å²) >= 11 is 0. The minimum Gasteiger partial charge on any atom is -0.333 e. The molecule has 126 valence electrons. The zero-order valence-electron chi connectivity index (χ0n) is 13.5. The van der Waals surface area contributed by atoms with Crippen LogP contribution in [0.1, 0.15) is 33.3 Å². The highest BCUT2D eigenvalue weighted by Gasteiger charge is 2.26. The topological polar surface area (TPSA) is 117 Å². The molecule has 0 saturated heterocycles. The third-order valence-electron chi connectivity index (χ3n) is 2.58. The van der Waals surface area contributed by atoms with Crippen molar-refractivity contribution in [3.8, 4) is 6.07 Å². The van der Waals surface area contributed by atoms with Crippen LogP contribution in [0.4, 0.5) is 11.4 Å². The Kier molecular flexibility index (Phi) is 6.00. The van der Waals surface area contributed by atoms with Gasteiger partial charge in [0.1, 0.15) is 23.0 Å². The summed E-state index contributed by atoms with van der Waals surface area (Å²) in [7, 11) is 0. The van der Waals surface area contributed by atoms with Crippen LogP contribution < -0.4 is 10.1 Å². The van der Waals surface area contributed by atoms with Crippen LogP contribution in [0.25, 0.3) is 0 Å². The number of carbonyl (C=O) groups is 4. The summed E-state index contributed by atoms with van der Waals surface area (Å²) in [6.07, 6.45) is 0. The second kappa shape index (κ2) is 7.73. The van der Waals surface area contributed by atoms with Crippen molar-refractivity contribution >= 4 is 35.1 Å². The number of anilines is 2. The van der Waals surface area contributed by atoms with Crippen molar-refractivity contribution < 1.29 is 28.9 Å². The van der Waals surface area contributed by atoms with Gasteiger partial charge < -0.3 is 9.68 Å². The lowest BCUT2D eigenvalue weighted by atomic mass is 10.1. The molecular formula is C15H15N3O6. The first kappa shape index (κ1) is 18.6. The fraction of sp³-hybridized carbons (Fsp3) is 0.267. The number of hydroxylamine groups is 2. The zero-order chi connectivity index (χ0) is 18.4. The van der Waals surface area contributed by atoms with E-state index in [1.807, 2.05) is 6.07 Å². The molecule has 0 unspecified atom stereocenters. The van der Waals surface area contributed by atoms with Crippen LogP contribution in [0.3, 0.4) is 0 Å². The highest BCUT2D eigenvalue weighted by atomic mass is 16.7. The Morgan fingerprint density at radius 1 is 0.875 bits per heavy atom. The Bertz CT molecular complexity index is 685. The first-order chi connectivity index (χ1) is 11.2. The summed E-state index contributed by atoms with van der Waals surface area (Å²) < 4.78 is 0. The number of rotatable bonds is 2. The predicted octanol–water partition coefficient (Wildman–Crippen LogP) is 1.22.